The highest BCUT2D eigenvalue weighted by Crippen LogP contribution is 2.60. The largest absolute Gasteiger partial charge is 0.393 e. The summed E-state index contributed by atoms with van der Waals surface area (Å²) in [5.41, 5.74) is -0.480. The number of ether oxygens (including phenoxy) is 2. The molecule has 24 heavy (non-hydrogen) atoms. The van der Waals surface area contributed by atoms with Gasteiger partial charge in [0.25, 0.3) is 0 Å². The van der Waals surface area contributed by atoms with Crippen LogP contribution in [0.25, 0.3) is 0 Å². The second-order valence-electron chi connectivity index (χ2n) is 9.50. The Kier molecular flexibility index (Phi) is 4.00. The molecule has 4 heterocycles. The standard InChI is InChI=1S/C18H32O5Si/c1-11-7-8-14-12(2)15(21-24(4,5)6)19-16-18(14)13(11)9-10-17(3,20-16)22-23-18/h11-16H,7-10H2,1-6H3/t11-,12-,13+,14+,15?,16-,17-,18-/m1/s1. The molecule has 5 rings (SSSR count). The molecular formula is C18H32O5Si. The van der Waals surface area contributed by atoms with Gasteiger partial charge in [-0.2, -0.15) is 0 Å². The average molecular weight is 357 g/mol. The predicted molar refractivity (Wildman–Crippen MR) is 91.3 cm³/mol. The summed E-state index contributed by atoms with van der Waals surface area (Å²) in [6.07, 6.45) is 3.67. The van der Waals surface area contributed by atoms with Crippen LogP contribution in [0.3, 0.4) is 0 Å². The summed E-state index contributed by atoms with van der Waals surface area (Å²) in [6, 6.07) is 0. The minimum Gasteiger partial charge on any atom is -0.393 e. The van der Waals surface area contributed by atoms with Gasteiger partial charge in [-0.25, -0.2) is 9.78 Å². The van der Waals surface area contributed by atoms with Crippen LogP contribution in [0, 0.1) is 23.7 Å². The molecule has 0 aromatic rings. The Hall–Kier alpha value is 0.0169. The second kappa shape index (κ2) is 5.51. The van der Waals surface area contributed by atoms with E-state index in [0.717, 1.165) is 19.3 Å². The van der Waals surface area contributed by atoms with E-state index < -0.39 is 26.0 Å². The summed E-state index contributed by atoms with van der Waals surface area (Å²) >= 11 is 0. The van der Waals surface area contributed by atoms with Crippen LogP contribution in [-0.4, -0.2) is 32.3 Å². The third kappa shape index (κ3) is 2.53. The summed E-state index contributed by atoms with van der Waals surface area (Å²) in [6.45, 7) is 13.2. The molecule has 1 unspecified atom stereocenters. The van der Waals surface area contributed by atoms with E-state index in [9.17, 15) is 0 Å². The molecule has 0 aromatic heterocycles. The van der Waals surface area contributed by atoms with Gasteiger partial charge in [-0.3, -0.25) is 0 Å². The van der Waals surface area contributed by atoms with E-state index in [-0.39, 0.29) is 12.2 Å². The molecule has 5 fully saturated rings. The van der Waals surface area contributed by atoms with E-state index >= 15 is 0 Å². The van der Waals surface area contributed by atoms with Gasteiger partial charge >= 0.3 is 0 Å². The molecule has 4 saturated heterocycles. The third-order valence-electron chi connectivity index (χ3n) is 6.57. The Morgan fingerprint density at radius 2 is 1.75 bits per heavy atom. The van der Waals surface area contributed by atoms with Crippen LogP contribution in [-0.2, 0) is 23.7 Å². The highest BCUT2D eigenvalue weighted by Gasteiger charge is 2.69. The highest BCUT2D eigenvalue weighted by atomic mass is 28.4. The van der Waals surface area contributed by atoms with Crippen molar-refractivity contribution in [3.63, 3.8) is 0 Å². The van der Waals surface area contributed by atoms with Crippen LogP contribution >= 0.6 is 0 Å². The Labute approximate surface area is 146 Å². The quantitative estimate of drug-likeness (QED) is 0.552. The number of hydrogen-bond acceptors (Lipinski definition) is 5. The van der Waals surface area contributed by atoms with Gasteiger partial charge in [0.2, 0.25) is 5.79 Å². The maximum Gasteiger partial charge on any atom is 0.201 e. The van der Waals surface area contributed by atoms with Crippen molar-refractivity contribution in [1.29, 1.82) is 0 Å². The Morgan fingerprint density at radius 1 is 1.00 bits per heavy atom. The van der Waals surface area contributed by atoms with Crippen molar-refractivity contribution in [2.75, 3.05) is 0 Å². The minimum atomic E-state index is -1.71. The monoisotopic (exact) mass is 356 g/mol. The molecule has 1 spiro atoms. The predicted octanol–water partition coefficient (Wildman–Crippen LogP) is 4.05. The Balaban J connectivity index is 1.72. The number of fused-ring (bicyclic) bond motifs is 2. The first kappa shape index (κ1) is 17.4. The fraction of sp³-hybridized carbons (Fsp3) is 1.00. The smallest absolute Gasteiger partial charge is 0.201 e. The van der Waals surface area contributed by atoms with Crippen molar-refractivity contribution in [2.24, 2.45) is 23.7 Å². The van der Waals surface area contributed by atoms with Crippen LogP contribution in [0.1, 0.15) is 46.5 Å². The zero-order valence-corrected chi connectivity index (χ0v) is 16.8. The van der Waals surface area contributed by atoms with Gasteiger partial charge in [-0.05, 0) is 57.7 Å². The van der Waals surface area contributed by atoms with E-state index in [0.29, 0.717) is 17.8 Å². The third-order valence-corrected chi connectivity index (χ3v) is 7.51. The number of hydrogen-bond donors (Lipinski definition) is 0. The zero-order valence-electron chi connectivity index (χ0n) is 15.8. The fourth-order valence-electron chi connectivity index (χ4n) is 5.36. The molecule has 6 heteroatoms. The molecular weight excluding hydrogens is 324 g/mol. The van der Waals surface area contributed by atoms with Crippen LogP contribution in [0.15, 0.2) is 0 Å². The van der Waals surface area contributed by atoms with Crippen molar-refractivity contribution in [1.82, 2.24) is 0 Å². The maximum atomic E-state index is 6.42. The molecule has 0 N–H and O–H groups in total. The van der Waals surface area contributed by atoms with E-state index in [4.69, 9.17) is 23.7 Å². The molecule has 4 aliphatic heterocycles. The summed E-state index contributed by atoms with van der Waals surface area (Å²) < 4.78 is 19.1. The Morgan fingerprint density at radius 3 is 2.46 bits per heavy atom. The summed E-state index contributed by atoms with van der Waals surface area (Å²) in [5, 5.41) is 0. The van der Waals surface area contributed by atoms with Crippen LogP contribution in [0.2, 0.25) is 19.6 Å². The number of rotatable bonds is 2. The van der Waals surface area contributed by atoms with Gasteiger partial charge in [-0.1, -0.05) is 13.8 Å². The Bertz CT molecular complexity index is 508. The topological polar surface area (TPSA) is 46.2 Å². The molecule has 1 saturated carbocycles. The lowest BCUT2D eigenvalue weighted by Gasteiger charge is -2.60. The first-order chi connectivity index (χ1) is 11.1. The molecule has 0 aromatic carbocycles. The molecule has 0 radical (unpaired) electrons. The molecule has 138 valence electrons. The zero-order chi connectivity index (χ0) is 17.3. The maximum absolute atomic E-state index is 6.42. The van der Waals surface area contributed by atoms with Crippen molar-refractivity contribution in [3.05, 3.63) is 0 Å². The SMILES string of the molecule is C[C@@H]1CC[C@H]2[C@@H](C)C(O[Si](C)(C)C)O[C@@H]3O[C@@]4(C)CC[C@@H]1[C@]32OO4. The average Bonchev–Trinajstić information content (AvgIpc) is 2.69. The molecule has 5 nitrogen and oxygen atoms in total. The summed E-state index contributed by atoms with van der Waals surface area (Å²) in [4.78, 5) is 12.0. The first-order valence-corrected chi connectivity index (χ1v) is 12.9. The van der Waals surface area contributed by atoms with Crippen molar-refractivity contribution < 1.29 is 23.7 Å². The van der Waals surface area contributed by atoms with E-state index in [1.165, 1.54) is 6.42 Å². The van der Waals surface area contributed by atoms with Gasteiger partial charge in [0.1, 0.15) is 0 Å². The van der Waals surface area contributed by atoms with Gasteiger partial charge < -0.3 is 13.9 Å². The normalized spacial score (nSPS) is 54.2. The lowest BCUT2D eigenvalue weighted by atomic mass is 9.58. The van der Waals surface area contributed by atoms with E-state index in [1.54, 1.807) is 0 Å². The van der Waals surface area contributed by atoms with E-state index in [1.807, 2.05) is 6.92 Å². The molecule has 5 aliphatic rings. The van der Waals surface area contributed by atoms with Crippen LogP contribution in [0.5, 0.6) is 0 Å². The van der Waals surface area contributed by atoms with Gasteiger partial charge in [-0.15, -0.1) is 0 Å². The lowest BCUT2D eigenvalue weighted by molar-refractivity contribution is -0.576. The molecule has 2 bridgehead atoms. The molecule has 0 amide bonds. The van der Waals surface area contributed by atoms with E-state index in [2.05, 4.69) is 33.5 Å². The summed E-state index contributed by atoms with van der Waals surface area (Å²) in [5.74, 6) is 0.934. The lowest BCUT2D eigenvalue weighted by Crippen LogP contribution is -2.70. The van der Waals surface area contributed by atoms with Gasteiger partial charge in [0.05, 0.1) is 0 Å². The summed E-state index contributed by atoms with van der Waals surface area (Å²) in [7, 11) is -1.71. The van der Waals surface area contributed by atoms with Crippen LogP contribution in [0.4, 0.5) is 0 Å². The minimum absolute atomic E-state index is 0.210. The first-order valence-electron chi connectivity index (χ1n) is 9.52. The fourth-order valence-corrected chi connectivity index (χ4v) is 6.32. The van der Waals surface area contributed by atoms with Crippen LogP contribution < -0.4 is 0 Å². The highest BCUT2D eigenvalue weighted by molar-refractivity contribution is 6.69. The second-order valence-corrected chi connectivity index (χ2v) is 14.0. The molecule has 1 aliphatic carbocycles. The van der Waals surface area contributed by atoms with Gasteiger partial charge in [0, 0.05) is 18.3 Å². The molecule has 8 atom stereocenters. The van der Waals surface area contributed by atoms with Crippen molar-refractivity contribution in [3.8, 4) is 0 Å². The van der Waals surface area contributed by atoms with Crippen molar-refractivity contribution in [2.45, 2.75) is 90.1 Å². The van der Waals surface area contributed by atoms with Crippen molar-refractivity contribution >= 4 is 8.32 Å². The van der Waals surface area contributed by atoms with Gasteiger partial charge in [0.15, 0.2) is 26.5 Å².